The molecule has 3 heterocycles. The molecule has 5 aromatic rings. The van der Waals surface area contributed by atoms with Crippen LogP contribution in [0.15, 0.2) is 85.1 Å². The van der Waals surface area contributed by atoms with Gasteiger partial charge in [0, 0.05) is 45.4 Å². The largest absolute Gasteiger partial charge is 0.373 e. The van der Waals surface area contributed by atoms with Gasteiger partial charge < -0.3 is 10.2 Å². The predicted molar refractivity (Wildman–Crippen MR) is 165 cm³/mol. The quantitative estimate of drug-likeness (QED) is 0.174. The van der Waals surface area contributed by atoms with Crippen LogP contribution in [0.25, 0.3) is 34.4 Å². The van der Waals surface area contributed by atoms with Crippen LogP contribution in [-0.4, -0.2) is 39.4 Å². The molecule has 0 unspecified atom stereocenters. The number of anilines is 1. The van der Waals surface area contributed by atoms with Crippen molar-refractivity contribution < 1.29 is 4.79 Å². The first-order valence-corrected chi connectivity index (χ1v) is 13.9. The Balaban J connectivity index is 1.22. The molecule has 1 N–H and O–H groups in total. The van der Waals surface area contributed by atoms with E-state index in [1.807, 2.05) is 66.7 Å². The van der Waals surface area contributed by atoms with E-state index in [9.17, 15) is 4.79 Å². The second-order valence-corrected chi connectivity index (χ2v) is 10.7. The van der Waals surface area contributed by atoms with E-state index in [0.717, 1.165) is 44.7 Å². The highest BCUT2D eigenvalue weighted by molar-refractivity contribution is 14.1. The summed E-state index contributed by atoms with van der Waals surface area (Å²) in [6.45, 7) is 1.06. The molecular formula is C32H26IN5O. The van der Waals surface area contributed by atoms with Crippen LogP contribution in [0.4, 0.5) is 5.82 Å². The Morgan fingerprint density at radius 2 is 1.67 bits per heavy atom. The monoisotopic (exact) mass is 623 g/mol. The molecule has 1 aliphatic heterocycles. The fourth-order valence-corrected chi connectivity index (χ4v) is 5.18. The topological polar surface area (TPSA) is 71.0 Å². The normalized spacial score (nSPS) is 13.0. The summed E-state index contributed by atoms with van der Waals surface area (Å²) in [6.07, 6.45) is 6.65. The van der Waals surface area contributed by atoms with Gasteiger partial charge in [0.25, 0.3) is 5.91 Å². The summed E-state index contributed by atoms with van der Waals surface area (Å²) in [5.41, 5.74) is 6.58. The number of hydrogen-bond donors (Lipinski definition) is 1. The molecule has 1 amide bonds. The number of fused-ring (bicyclic) bond motifs is 2. The van der Waals surface area contributed by atoms with Gasteiger partial charge in [-0.1, -0.05) is 54.6 Å². The zero-order valence-electron chi connectivity index (χ0n) is 21.4. The van der Waals surface area contributed by atoms with Crippen molar-refractivity contribution in [2.24, 2.45) is 0 Å². The van der Waals surface area contributed by atoms with Gasteiger partial charge >= 0.3 is 0 Å². The molecule has 3 aromatic carbocycles. The van der Waals surface area contributed by atoms with E-state index in [1.54, 1.807) is 0 Å². The molecule has 0 saturated heterocycles. The third-order valence-corrected chi connectivity index (χ3v) is 7.65. The van der Waals surface area contributed by atoms with Crippen molar-refractivity contribution in [2.75, 3.05) is 18.9 Å². The van der Waals surface area contributed by atoms with E-state index in [-0.39, 0.29) is 5.91 Å². The summed E-state index contributed by atoms with van der Waals surface area (Å²) in [5, 5.41) is 4.27. The number of rotatable bonds is 5. The highest BCUT2D eigenvalue weighted by Crippen LogP contribution is 2.28. The van der Waals surface area contributed by atoms with Gasteiger partial charge in [0.05, 0.1) is 17.8 Å². The molecule has 0 spiro atoms. The molecule has 7 heteroatoms. The fourth-order valence-electron chi connectivity index (χ4n) is 4.82. The number of benzene rings is 3. The molecule has 0 saturated carbocycles. The Morgan fingerprint density at radius 3 is 2.41 bits per heavy atom. The Kier molecular flexibility index (Phi) is 7.06. The molecule has 1 aliphatic rings. The number of nitrogens with zero attached hydrogens (tertiary/aromatic N) is 4. The van der Waals surface area contributed by atoms with Crippen LogP contribution in [0.1, 0.15) is 32.7 Å². The maximum absolute atomic E-state index is 13.4. The molecule has 39 heavy (non-hydrogen) atoms. The van der Waals surface area contributed by atoms with Crippen molar-refractivity contribution in [3.8, 4) is 11.4 Å². The number of carbonyl (C=O) groups is 1. The Labute approximate surface area is 241 Å². The first kappa shape index (κ1) is 25.2. The minimum Gasteiger partial charge on any atom is -0.373 e. The van der Waals surface area contributed by atoms with Crippen molar-refractivity contribution in [2.45, 2.75) is 13.0 Å². The number of pyridine rings is 1. The van der Waals surface area contributed by atoms with Crippen molar-refractivity contribution in [3.05, 3.63) is 117 Å². The standard InChI is InChI=1S/C32H26IN5O/c1-34-31-27-16-17-38(20-29(27)36-30(37-31)25-18-24-4-2-3-5-28(24)35-19-25)32(39)23-12-8-21(9-13-23)6-7-22-10-14-26(33)15-11-22/h2-15,18-19H,16-17,20H2,1H3,(H,34,36,37)/b7-6+. The second kappa shape index (κ2) is 10.9. The van der Waals surface area contributed by atoms with E-state index in [4.69, 9.17) is 9.97 Å². The van der Waals surface area contributed by atoms with Crippen LogP contribution < -0.4 is 5.32 Å². The molecule has 2 aromatic heterocycles. The van der Waals surface area contributed by atoms with E-state index in [2.05, 4.69) is 75.4 Å². The first-order chi connectivity index (χ1) is 19.1. The summed E-state index contributed by atoms with van der Waals surface area (Å²) in [6, 6.07) is 26.2. The zero-order chi connectivity index (χ0) is 26.8. The summed E-state index contributed by atoms with van der Waals surface area (Å²) in [7, 11) is 1.87. The first-order valence-electron chi connectivity index (χ1n) is 12.8. The molecule has 0 fully saturated rings. The van der Waals surface area contributed by atoms with Gasteiger partial charge in [0.15, 0.2) is 5.82 Å². The van der Waals surface area contributed by atoms with Crippen molar-refractivity contribution in [1.82, 2.24) is 19.9 Å². The average Bonchev–Trinajstić information content (AvgIpc) is 2.99. The van der Waals surface area contributed by atoms with Gasteiger partial charge in [0.1, 0.15) is 5.82 Å². The molecule has 0 bridgehead atoms. The third-order valence-electron chi connectivity index (χ3n) is 6.93. The number of amides is 1. The van der Waals surface area contributed by atoms with E-state index < -0.39 is 0 Å². The third kappa shape index (κ3) is 5.40. The molecule has 0 radical (unpaired) electrons. The van der Waals surface area contributed by atoms with Crippen LogP contribution in [0.2, 0.25) is 0 Å². The lowest BCUT2D eigenvalue weighted by atomic mass is 10.0. The Bertz CT molecular complexity index is 1700. The minimum atomic E-state index is 0.00681. The summed E-state index contributed by atoms with van der Waals surface area (Å²) >= 11 is 2.30. The number of para-hydroxylation sites is 1. The number of nitrogens with one attached hydrogen (secondary N) is 1. The lowest BCUT2D eigenvalue weighted by Crippen LogP contribution is -2.37. The van der Waals surface area contributed by atoms with Crippen LogP contribution in [-0.2, 0) is 13.0 Å². The van der Waals surface area contributed by atoms with E-state index >= 15 is 0 Å². The molecule has 0 aliphatic carbocycles. The SMILES string of the molecule is CNc1nc(-c2cnc3ccccc3c2)nc2c1CCN(C(=O)c1ccc(/C=C/c3ccc(I)cc3)cc1)C2. The van der Waals surface area contributed by atoms with Crippen molar-refractivity contribution in [1.29, 1.82) is 0 Å². The smallest absolute Gasteiger partial charge is 0.254 e. The summed E-state index contributed by atoms with van der Waals surface area (Å²) < 4.78 is 1.21. The lowest BCUT2D eigenvalue weighted by Gasteiger charge is -2.29. The Hall–Kier alpha value is -4.11. The van der Waals surface area contributed by atoms with Gasteiger partial charge in [-0.05, 0) is 76.5 Å². The number of carbonyl (C=O) groups excluding carboxylic acids is 1. The van der Waals surface area contributed by atoms with Crippen LogP contribution in [0.5, 0.6) is 0 Å². The van der Waals surface area contributed by atoms with Gasteiger partial charge in [-0.3, -0.25) is 9.78 Å². The summed E-state index contributed by atoms with van der Waals surface area (Å²) in [4.78, 5) is 29.6. The van der Waals surface area contributed by atoms with Gasteiger partial charge in [0.2, 0.25) is 0 Å². The van der Waals surface area contributed by atoms with Crippen LogP contribution >= 0.6 is 22.6 Å². The highest BCUT2D eigenvalue weighted by Gasteiger charge is 2.26. The average molecular weight is 623 g/mol. The molecule has 192 valence electrons. The number of hydrogen-bond acceptors (Lipinski definition) is 5. The number of aromatic nitrogens is 3. The van der Waals surface area contributed by atoms with Gasteiger partial charge in [-0.15, -0.1) is 0 Å². The van der Waals surface area contributed by atoms with E-state index in [0.29, 0.717) is 30.9 Å². The fraction of sp³-hybridized carbons (Fsp3) is 0.125. The molecule has 6 nitrogen and oxygen atoms in total. The minimum absolute atomic E-state index is 0.00681. The molecule has 6 rings (SSSR count). The van der Waals surface area contributed by atoms with Crippen LogP contribution in [0.3, 0.4) is 0 Å². The predicted octanol–water partition coefficient (Wildman–Crippen LogP) is 6.71. The molecular weight excluding hydrogens is 597 g/mol. The van der Waals surface area contributed by atoms with Crippen molar-refractivity contribution in [3.63, 3.8) is 0 Å². The maximum Gasteiger partial charge on any atom is 0.254 e. The zero-order valence-corrected chi connectivity index (χ0v) is 23.6. The maximum atomic E-state index is 13.4. The number of halogens is 1. The van der Waals surface area contributed by atoms with Crippen molar-refractivity contribution >= 4 is 57.4 Å². The lowest BCUT2D eigenvalue weighted by molar-refractivity contribution is 0.0732. The van der Waals surface area contributed by atoms with Gasteiger partial charge in [-0.2, -0.15) is 0 Å². The van der Waals surface area contributed by atoms with Crippen LogP contribution in [0, 0.1) is 3.57 Å². The van der Waals surface area contributed by atoms with E-state index in [1.165, 1.54) is 3.57 Å². The second-order valence-electron chi connectivity index (χ2n) is 9.47. The Morgan fingerprint density at radius 1 is 0.949 bits per heavy atom. The summed E-state index contributed by atoms with van der Waals surface area (Å²) in [5.74, 6) is 1.42. The highest BCUT2D eigenvalue weighted by atomic mass is 127. The van der Waals surface area contributed by atoms with Gasteiger partial charge in [-0.25, -0.2) is 9.97 Å². The molecule has 0 atom stereocenters.